The number of rotatable bonds is 2. The monoisotopic (exact) mass is 196 g/mol. The summed E-state index contributed by atoms with van der Waals surface area (Å²) >= 11 is 0. The van der Waals surface area contributed by atoms with Crippen LogP contribution < -0.4 is 0 Å². The molecular weight excluding hydrogens is 184 g/mol. The minimum atomic E-state index is 0.874. The number of nitrogens with zero attached hydrogens (tertiary/aromatic N) is 2. The second kappa shape index (κ2) is 4.51. The van der Waals surface area contributed by atoms with Gasteiger partial charge < -0.3 is 0 Å². The van der Waals surface area contributed by atoms with Crippen molar-refractivity contribution in [2.45, 2.75) is 6.92 Å². The Balaban J connectivity index is 2.19. The standard InChI is InChI=1S/C13H12N2/c1-11-5-4-7-12(9-11)15-10-13-6-2-3-8-14-13/h2-10H,1H3. The van der Waals surface area contributed by atoms with E-state index in [2.05, 4.69) is 23.0 Å². The highest BCUT2D eigenvalue weighted by Gasteiger charge is 1.89. The average molecular weight is 196 g/mol. The first-order valence-corrected chi connectivity index (χ1v) is 4.86. The maximum Gasteiger partial charge on any atom is 0.0812 e. The fraction of sp³-hybridized carbons (Fsp3) is 0.0769. The van der Waals surface area contributed by atoms with E-state index in [0.717, 1.165) is 11.4 Å². The zero-order valence-electron chi connectivity index (χ0n) is 8.59. The van der Waals surface area contributed by atoms with Crippen LogP contribution >= 0.6 is 0 Å². The molecule has 0 aliphatic heterocycles. The molecule has 0 saturated heterocycles. The first-order valence-electron chi connectivity index (χ1n) is 4.86. The maximum absolute atomic E-state index is 4.35. The second-order valence-corrected chi connectivity index (χ2v) is 3.35. The Morgan fingerprint density at radius 1 is 1.13 bits per heavy atom. The molecule has 1 aromatic heterocycles. The highest BCUT2D eigenvalue weighted by atomic mass is 14.8. The molecule has 2 rings (SSSR count). The van der Waals surface area contributed by atoms with Crippen LogP contribution in [0.5, 0.6) is 0 Å². The first kappa shape index (κ1) is 9.59. The lowest BCUT2D eigenvalue weighted by atomic mass is 10.2. The Hall–Kier alpha value is -1.96. The molecule has 0 bridgehead atoms. The Morgan fingerprint density at radius 3 is 2.80 bits per heavy atom. The molecule has 0 atom stereocenters. The number of pyridine rings is 1. The maximum atomic E-state index is 4.35. The van der Waals surface area contributed by atoms with Crippen molar-refractivity contribution >= 4 is 11.9 Å². The summed E-state index contributed by atoms with van der Waals surface area (Å²) in [5.74, 6) is 0. The number of aromatic nitrogens is 1. The van der Waals surface area contributed by atoms with E-state index < -0.39 is 0 Å². The Bertz CT molecular complexity index is 461. The molecule has 2 nitrogen and oxygen atoms in total. The van der Waals surface area contributed by atoms with Gasteiger partial charge in [0.15, 0.2) is 0 Å². The molecule has 0 unspecified atom stereocenters. The Morgan fingerprint density at radius 2 is 2.07 bits per heavy atom. The molecule has 0 saturated carbocycles. The summed E-state index contributed by atoms with van der Waals surface area (Å²) in [5.41, 5.74) is 3.05. The molecule has 0 radical (unpaired) electrons. The van der Waals surface area contributed by atoms with Gasteiger partial charge in [0.05, 0.1) is 17.6 Å². The van der Waals surface area contributed by atoms with Crippen LogP contribution in [0.25, 0.3) is 0 Å². The smallest absolute Gasteiger partial charge is 0.0812 e. The van der Waals surface area contributed by atoms with Crippen LogP contribution in [0.1, 0.15) is 11.3 Å². The number of benzene rings is 1. The van der Waals surface area contributed by atoms with Gasteiger partial charge in [-0.25, -0.2) is 0 Å². The molecule has 1 aromatic carbocycles. The summed E-state index contributed by atoms with van der Waals surface area (Å²) < 4.78 is 0. The molecule has 0 fully saturated rings. The van der Waals surface area contributed by atoms with Gasteiger partial charge in [-0.3, -0.25) is 9.98 Å². The predicted molar refractivity (Wildman–Crippen MR) is 62.7 cm³/mol. The lowest BCUT2D eigenvalue weighted by Gasteiger charge is -1.95. The highest BCUT2D eigenvalue weighted by molar-refractivity contribution is 5.79. The summed E-state index contributed by atoms with van der Waals surface area (Å²) in [4.78, 5) is 8.52. The summed E-state index contributed by atoms with van der Waals surface area (Å²) in [6.45, 7) is 2.06. The van der Waals surface area contributed by atoms with Crippen molar-refractivity contribution in [2.24, 2.45) is 4.99 Å². The van der Waals surface area contributed by atoms with Gasteiger partial charge in [0, 0.05) is 6.20 Å². The predicted octanol–water partition coefficient (Wildman–Crippen LogP) is 3.14. The highest BCUT2D eigenvalue weighted by Crippen LogP contribution is 2.12. The summed E-state index contributed by atoms with van der Waals surface area (Å²) in [5, 5.41) is 0. The molecule has 0 spiro atoms. The van der Waals surface area contributed by atoms with E-state index >= 15 is 0 Å². The minimum Gasteiger partial charge on any atom is -0.255 e. The van der Waals surface area contributed by atoms with E-state index in [1.165, 1.54) is 5.56 Å². The van der Waals surface area contributed by atoms with Crippen LogP contribution in [-0.2, 0) is 0 Å². The van der Waals surface area contributed by atoms with Gasteiger partial charge in [-0.05, 0) is 36.8 Å². The van der Waals surface area contributed by atoms with Crippen molar-refractivity contribution in [1.29, 1.82) is 0 Å². The van der Waals surface area contributed by atoms with E-state index in [9.17, 15) is 0 Å². The second-order valence-electron chi connectivity index (χ2n) is 3.35. The summed E-state index contributed by atoms with van der Waals surface area (Å²) in [6.07, 6.45) is 3.53. The van der Waals surface area contributed by atoms with Crippen LogP contribution in [0.15, 0.2) is 53.7 Å². The first-order chi connectivity index (χ1) is 7.34. The van der Waals surface area contributed by atoms with Crippen molar-refractivity contribution in [1.82, 2.24) is 4.98 Å². The van der Waals surface area contributed by atoms with E-state index in [1.807, 2.05) is 36.4 Å². The normalized spacial score (nSPS) is 10.7. The van der Waals surface area contributed by atoms with Gasteiger partial charge in [0.1, 0.15) is 0 Å². The third-order valence-electron chi connectivity index (χ3n) is 2.04. The Kier molecular flexibility index (Phi) is 2.88. The largest absolute Gasteiger partial charge is 0.255 e. The molecule has 2 aromatic rings. The van der Waals surface area contributed by atoms with Crippen LogP contribution in [0.2, 0.25) is 0 Å². The number of aliphatic imine (C=N–C) groups is 1. The summed E-state index contributed by atoms with van der Waals surface area (Å²) in [7, 11) is 0. The van der Waals surface area contributed by atoms with Crippen molar-refractivity contribution in [2.75, 3.05) is 0 Å². The van der Waals surface area contributed by atoms with Crippen LogP contribution in [-0.4, -0.2) is 11.2 Å². The van der Waals surface area contributed by atoms with Gasteiger partial charge in [-0.15, -0.1) is 0 Å². The molecular formula is C13H12N2. The van der Waals surface area contributed by atoms with E-state index in [0.29, 0.717) is 0 Å². The van der Waals surface area contributed by atoms with E-state index in [-0.39, 0.29) is 0 Å². The third kappa shape index (κ3) is 2.74. The number of hydrogen-bond donors (Lipinski definition) is 0. The van der Waals surface area contributed by atoms with Crippen LogP contribution in [0, 0.1) is 6.92 Å². The van der Waals surface area contributed by atoms with Crippen molar-refractivity contribution < 1.29 is 0 Å². The van der Waals surface area contributed by atoms with Crippen LogP contribution in [0.4, 0.5) is 5.69 Å². The van der Waals surface area contributed by atoms with Crippen molar-refractivity contribution in [3.8, 4) is 0 Å². The molecule has 0 aliphatic carbocycles. The van der Waals surface area contributed by atoms with Crippen molar-refractivity contribution in [3.63, 3.8) is 0 Å². The van der Waals surface area contributed by atoms with Gasteiger partial charge in [-0.1, -0.05) is 18.2 Å². The topological polar surface area (TPSA) is 25.2 Å². The quantitative estimate of drug-likeness (QED) is 0.677. The van der Waals surface area contributed by atoms with E-state index in [4.69, 9.17) is 0 Å². The van der Waals surface area contributed by atoms with Crippen molar-refractivity contribution in [3.05, 3.63) is 59.9 Å². The zero-order valence-corrected chi connectivity index (χ0v) is 8.59. The zero-order chi connectivity index (χ0) is 10.5. The molecule has 74 valence electrons. The number of hydrogen-bond acceptors (Lipinski definition) is 2. The number of aryl methyl sites for hydroxylation is 1. The Labute approximate surface area is 89.3 Å². The van der Waals surface area contributed by atoms with Crippen LogP contribution in [0.3, 0.4) is 0 Å². The molecule has 0 aliphatic rings. The lowest BCUT2D eigenvalue weighted by Crippen LogP contribution is -1.83. The molecule has 2 heteroatoms. The van der Waals surface area contributed by atoms with Gasteiger partial charge >= 0.3 is 0 Å². The molecule has 0 amide bonds. The fourth-order valence-electron chi connectivity index (χ4n) is 1.30. The molecule has 1 heterocycles. The fourth-order valence-corrected chi connectivity index (χ4v) is 1.30. The van der Waals surface area contributed by atoms with Gasteiger partial charge in [0.2, 0.25) is 0 Å². The molecule has 15 heavy (non-hydrogen) atoms. The lowest BCUT2D eigenvalue weighted by molar-refractivity contribution is 1.30. The third-order valence-corrected chi connectivity index (χ3v) is 2.04. The van der Waals surface area contributed by atoms with Gasteiger partial charge in [0.25, 0.3) is 0 Å². The van der Waals surface area contributed by atoms with E-state index in [1.54, 1.807) is 12.4 Å². The summed E-state index contributed by atoms with van der Waals surface area (Å²) in [6, 6.07) is 13.8. The average Bonchev–Trinajstić information content (AvgIpc) is 2.28. The van der Waals surface area contributed by atoms with Gasteiger partial charge in [-0.2, -0.15) is 0 Å². The molecule has 0 N–H and O–H groups in total. The SMILES string of the molecule is Cc1cccc(N=Cc2ccccn2)c1. The minimum absolute atomic E-state index is 0.874.